The van der Waals surface area contributed by atoms with Crippen LogP contribution < -0.4 is 38.2 Å². The second kappa shape index (κ2) is 8.29. The summed E-state index contributed by atoms with van der Waals surface area (Å²) < 4.78 is 12.8. The van der Waals surface area contributed by atoms with Gasteiger partial charge in [0.05, 0.1) is 11.2 Å². The van der Waals surface area contributed by atoms with Crippen molar-refractivity contribution in [3.63, 3.8) is 0 Å². The Morgan fingerprint density at radius 2 is 0.857 bits per heavy atom. The maximum atomic E-state index is 6.38. The normalized spacial score (nSPS) is 17.8. The van der Waals surface area contributed by atoms with E-state index in [0.717, 1.165) is 5.46 Å². The van der Waals surface area contributed by atoms with Crippen molar-refractivity contribution in [2.24, 2.45) is 0 Å². The molecule has 35 heavy (non-hydrogen) atoms. The zero-order valence-electron chi connectivity index (χ0n) is 20.9. The Morgan fingerprint density at radius 1 is 0.457 bits per heavy atom. The van der Waals surface area contributed by atoms with E-state index >= 15 is 0 Å². The van der Waals surface area contributed by atoms with Crippen molar-refractivity contribution in [2.45, 2.75) is 38.9 Å². The van der Waals surface area contributed by atoms with Gasteiger partial charge in [-0.05, 0) is 33.2 Å². The van der Waals surface area contributed by atoms with Crippen LogP contribution in [0.25, 0.3) is 0 Å². The van der Waals surface area contributed by atoms with Gasteiger partial charge >= 0.3 is 7.12 Å². The molecule has 1 saturated heterocycles. The lowest BCUT2D eigenvalue weighted by Gasteiger charge is -2.32. The molecule has 2 heterocycles. The Hall–Kier alpha value is -3.01. The molecule has 5 heteroatoms. The highest BCUT2D eigenvalue weighted by Gasteiger charge is 2.52. The van der Waals surface area contributed by atoms with E-state index in [9.17, 15) is 0 Å². The van der Waals surface area contributed by atoms with E-state index < -0.39 is 0 Å². The minimum absolute atomic E-state index is 0.157. The van der Waals surface area contributed by atoms with Crippen molar-refractivity contribution in [1.29, 1.82) is 0 Å². The molecule has 2 aliphatic heterocycles. The van der Waals surface area contributed by atoms with Crippen LogP contribution in [0.2, 0.25) is 0 Å². The van der Waals surface area contributed by atoms with Gasteiger partial charge in [-0.3, -0.25) is 0 Å². The summed E-state index contributed by atoms with van der Waals surface area (Å²) in [4.78, 5) is 0. The van der Waals surface area contributed by atoms with E-state index in [-0.39, 0.29) is 31.7 Å². The molecule has 1 fully saturated rings. The molecule has 2 aliphatic rings. The number of rotatable bonds is 3. The van der Waals surface area contributed by atoms with Gasteiger partial charge in [-0.1, -0.05) is 136 Å². The monoisotopic (exact) mass is 454 g/mol. The number of benzene rings is 4. The first-order chi connectivity index (χ1) is 16.9. The predicted octanol–water partition coefficient (Wildman–Crippen LogP) is 1.33. The maximum Gasteiger partial charge on any atom is 0.494 e. The average molecular weight is 454 g/mol. The summed E-state index contributed by atoms with van der Waals surface area (Å²) in [6, 6.07) is 37.5. The van der Waals surface area contributed by atoms with Crippen LogP contribution in [0.4, 0.5) is 0 Å². The highest BCUT2D eigenvalue weighted by molar-refractivity contribution is 7.11. The summed E-state index contributed by atoms with van der Waals surface area (Å²) in [5, 5.41) is 0. The van der Waals surface area contributed by atoms with Crippen molar-refractivity contribution in [3.8, 4) is 0 Å². The fraction of sp³-hybridized carbons (Fsp3) is 0.200. The van der Waals surface area contributed by atoms with Crippen LogP contribution in [-0.2, 0) is 9.31 Å². The molecule has 2 nitrogen and oxygen atoms in total. The third-order valence-corrected chi connectivity index (χ3v) is 8.14. The van der Waals surface area contributed by atoms with Crippen molar-refractivity contribution < 1.29 is 9.31 Å². The van der Waals surface area contributed by atoms with Gasteiger partial charge in [0.25, 0.3) is 0 Å². The van der Waals surface area contributed by atoms with Crippen molar-refractivity contribution in [2.75, 3.05) is 0 Å². The summed E-state index contributed by atoms with van der Waals surface area (Å²) in [7, 11) is -0.369. The fourth-order valence-corrected chi connectivity index (χ4v) is 5.64. The molecular weight excluding hydrogens is 425 g/mol. The third kappa shape index (κ3) is 3.69. The lowest BCUT2D eigenvalue weighted by Crippen LogP contribution is -2.75. The van der Waals surface area contributed by atoms with Gasteiger partial charge in [-0.25, -0.2) is 0 Å². The summed E-state index contributed by atoms with van der Waals surface area (Å²) in [5.74, 6) is 0. The summed E-state index contributed by atoms with van der Waals surface area (Å²) >= 11 is 0. The molecule has 0 radical (unpaired) electrons. The van der Waals surface area contributed by atoms with Gasteiger partial charge in [0.2, 0.25) is 13.4 Å². The Morgan fingerprint density at radius 3 is 1.37 bits per heavy atom. The van der Waals surface area contributed by atoms with Crippen molar-refractivity contribution >= 4 is 58.8 Å². The van der Waals surface area contributed by atoms with E-state index in [4.69, 9.17) is 9.31 Å². The Bertz CT molecular complexity index is 1320. The van der Waals surface area contributed by atoms with Gasteiger partial charge in [-0.2, -0.15) is 0 Å². The molecule has 0 N–H and O–H groups in total. The molecule has 0 amide bonds. The van der Waals surface area contributed by atoms with Crippen LogP contribution in [0.5, 0.6) is 0 Å². The van der Waals surface area contributed by atoms with Gasteiger partial charge in [0.15, 0.2) is 0 Å². The molecule has 0 unspecified atom stereocenters. The maximum absolute atomic E-state index is 6.38. The standard InChI is InChI=1S/C30H29B3O2/c1-29(2)30(3,4)35-33(34-29)24-16-12-15-23(21-24)32-27-19-10-8-17-25(27)31(22-13-6-5-7-14-22)26-18-9-11-20-28(26)32/h5-21H,1-4H3. The van der Waals surface area contributed by atoms with Crippen molar-refractivity contribution in [1.82, 2.24) is 0 Å². The minimum Gasteiger partial charge on any atom is -0.399 e. The Kier molecular flexibility index (Phi) is 5.32. The molecule has 0 atom stereocenters. The molecule has 170 valence electrons. The largest absolute Gasteiger partial charge is 0.494 e. The first-order valence-corrected chi connectivity index (χ1v) is 12.5. The van der Waals surface area contributed by atoms with E-state index in [0.29, 0.717) is 0 Å². The molecular formula is C30H29B3O2. The topological polar surface area (TPSA) is 18.5 Å². The van der Waals surface area contributed by atoms with Crippen LogP contribution >= 0.6 is 0 Å². The van der Waals surface area contributed by atoms with Crippen LogP contribution in [-0.4, -0.2) is 31.7 Å². The molecule has 4 aromatic carbocycles. The smallest absolute Gasteiger partial charge is 0.399 e. The zero-order valence-corrected chi connectivity index (χ0v) is 20.9. The van der Waals surface area contributed by atoms with Gasteiger partial charge in [-0.15, -0.1) is 0 Å². The SMILES string of the molecule is CC1(C)OB(c2cccc(B3c4ccccc4B(c4ccccc4)c4ccccc43)c2)OC1(C)C. The number of hydrogen-bond acceptors (Lipinski definition) is 2. The molecule has 0 aromatic heterocycles. The molecule has 0 aliphatic carbocycles. The molecule has 0 spiro atoms. The quantitative estimate of drug-likeness (QED) is 0.384. The molecule has 4 aromatic rings. The van der Waals surface area contributed by atoms with Gasteiger partial charge < -0.3 is 9.31 Å². The lowest BCUT2D eigenvalue weighted by atomic mass is 9.21. The van der Waals surface area contributed by atoms with Crippen LogP contribution in [0.1, 0.15) is 27.7 Å². The molecule has 0 bridgehead atoms. The Balaban J connectivity index is 1.48. The fourth-order valence-electron chi connectivity index (χ4n) is 5.64. The summed E-state index contributed by atoms with van der Waals surface area (Å²) in [5.41, 5.74) is 8.44. The van der Waals surface area contributed by atoms with E-state index in [1.54, 1.807) is 0 Å². The highest BCUT2D eigenvalue weighted by atomic mass is 16.7. The summed E-state index contributed by atoms with van der Waals surface area (Å²) in [6.07, 6.45) is 0. The van der Waals surface area contributed by atoms with Crippen LogP contribution in [0, 0.1) is 0 Å². The first-order valence-electron chi connectivity index (χ1n) is 12.5. The third-order valence-electron chi connectivity index (χ3n) is 8.14. The summed E-state index contributed by atoms with van der Waals surface area (Å²) in [6.45, 7) is 8.81. The van der Waals surface area contributed by atoms with E-state index in [1.165, 1.54) is 32.8 Å². The van der Waals surface area contributed by atoms with Crippen molar-refractivity contribution in [3.05, 3.63) is 103 Å². The zero-order chi connectivity index (χ0) is 24.2. The van der Waals surface area contributed by atoms with Gasteiger partial charge in [0, 0.05) is 0 Å². The number of fused-ring (bicyclic) bond motifs is 2. The van der Waals surface area contributed by atoms with Gasteiger partial charge in [0.1, 0.15) is 0 Å². The Labute approximate surface area is 210 Å². The van der Waals surface area contributed by atoms with E-state index in [1.807, 2.05) is 0 Å². The minimum atomic E-state index is -0.369. The van der Waals surface area contributed by atoms with Crippen LogP contribution in [0.3, 0.4) is 0 Å². The molecule has 0 saturated carbocycles. The predicted molar refractivity (Wildman–Crippen MR) is 151 cm³/mol. The second-order valence-electron chi connectivity index (χ2n) is 10.8. The highest BCUT2D eigenvalue weighted by Crippen LogP contribution is 2.36. The first kappa shape index (κ1) is 22.5. The molecule has 6 rings (SSSR count). The second-order valence-corrected chi connectivity index (χ2v) is 10.8. The number of hydrogen-bond donors (Lipinski definition) is 0. The average Bonchev–Trinajstić information content (AvgIpc) is 3.09. The van der Waals surface area contributed by atoms with Crippen LogP contribution in [0.15, 0.2) is 103 Å². The lowest BCUT2D eigenvalue weighted by molar-refractivity contribution is 0.00578. The van der Waals surface area contributed by atoms with E-state index in [2.05, 4.69) is 131 Å².